The van der Waals surface area contributed by atoms with Crippen LogP contribution in [0, 0.1) is 28.8 Å². The lowest BCUT2D eigenvalue weighted by molar-refractivity contribution is 0.590. The first-order chi connectivity index (χ1) is 15.0. The highest BCUT2D eigenvalue weighted by Crippen LogP contribution is 2.34. The van der Waals surface area contributed by atoms with Crippen LogP contribution < -0.4 is 0 Å². The summed E-state index contributed by atoms with van der Waals surface area (Å²) in [6, 6.07) is 19.2. The van der Waals surface area contributed by atoms with Gasteiger partial charge in [-0.2, -0.15) is 5.26 Å². The largest absolute Gasteiger partial charge is 0.206 e. The minimum atomic E-state index is -0.783. The second kappa shape index (κ2) is 8.65. The van der Waals surface area contributed by atoms with Crippen molar-refractivity contribution in [3.8, 4) is 28.3 Å². The van der Waals surface area contributed by atoms with Gasteiger partial charge in [0.15, 0.2) is 0 Å². The number of unbranched alkanes of at least 4 members (excludes halogenated alkanes) is 1. The standard InChI is InChI=1S/C27H20F3N/c1-2-3-4-17-7-11-22-20(13-17)10-12-23(27(22)30)21-14-24(28)26(25(29)15-21)19-8-5-18(16-31)6-9-19/h5-15H,2-4H2,1H3. The predicted octanol–water partition coefficient (Wildman–Crippen LogP) is 7.81. The molecule has 4 rings (SSSR count). The summed E-state index contributed by atoms with van der Waals surface area (Å²) >= 11 is 0. The zero-order chi connectivity index (χ0) is 22.0. The number of rotatable bonds is 5. The molecule has 4 heteroatoms. The van der Waals surface area contributed by atoms with Gasteiger partial charge in [-0.25, -0.2) is 13.2 Å². The van der Waals surface area contributed by atoms with Crippen LogP contribution in [0.4, 0.5) is 13.2 Å². The van der Waals surface area contributed by atoms with Crippen molar-refractivity contribution in [3.05, 3.63) is 95.3 Å². The van der Waals surface area contributed by atoms with Gasteiger partial charge in [-0.3, -0.25) is 0 Å². The molecular weight excluding hydrogens is 395 g/mol. The monoisotopic (exact) mass is 415 g/mol. The van der Waals surface area contributed by atoms with Crippen LogP contribution in [0.25, 0.3) is 33.0 Å². The van der Waals surface area contributed by atoms with E-state index in [0.29, 0.717) is 16.5 Å². The maximum Gasteiger partial charge on any atom is 0.138 e. The first-order valence-electron chi connectivity index (χ1n) is 10.2. The number of benzene rings is 4. The number of nitrogens with zero attached hydrogens (tertiary/aromatic N) is 1. The van der Waals surface area contributed by atoms with Crippen LogP contribution in [-0.4, -0.2) is 0 Å². The number of nitriles is 1. The Balaban J connectivity index is 1.75. The molecule has 0 saturated carbocycles. The van der Waals surface area contributed by atoms with Crippen molar-refractivity contribution in [2.24, 2.45) is 0 Å². The summed E-state index contributed by atoms with van der Waals surface area (Å²) in [5, 5.41) is 10.1. The zero-order valence-corrected chi connectivity index (χ0v) is 17.1. The third kappa shape index (κ3) is 4.04. The topological polar surface area (TPSA) is 23.8 Å². The number of hydrogen-bond donors (Lipinski definition) is 0. The molecule has 0 aromatic heterocycles. The molecule has 0 unspecified atom stereocenters. The molecule has 0 aliphatic heterocycles. The smallest absolute Gasteiger partial charge is 0.138 e. The highest BCUT2D eigenvalue weighted by atomic mass is 19.1. The van der Waals surface area contributed by atoms with Gasteiger partial charge < -0.3 is 0 Å². The van der Waals surface area contributed by atoms with Gasteiger partial charge in [-0.05, 0) is 59.2 Å². The molecule has 0 fully saturated rings. The lowest BCUT2D eigenvalue weighted by atomic mass is 9.95. The molecule has 0 saturated heterocycles. The summed E-state index contributed by atoms with van der Waals surface area (Å²) < 4.78 is 44.9. The van der Waals surface area contributed by atoms with Crippen molar-refractivity contribution in [3.63, 3.8) is 0 Å². The van der Waals surface area contributed by atoms with Gasteiger partial charge in [0.05, 0.1) is 17.2 Å². The van der Waals surface area contributed by atoms with E-state index in [9.17, 15) is 8.78 Å². The molecule has 0 N–H and O–H groups in total. The molecule has 31 heavy (non-hydrogen) atoms. The molecule has 1 nitrogen and oxygen atoms in total. The molecule has 0 atom stereocenters. The molecular formula is C27H20F3N. The summed E-state index contributed by atoms with van der Waals surface area (Å²) in [5.41, 5.74) is 1.96. The molecule has 154 valence electrons. The normalized spacial score (nSPS) is 10.9. The Morgan fingerprint density at radius 3 is 2.16 bits per heavy atom. The number of hydrogen-bond acceptors (Lipinski definition) is 1. The van der Waals surface area contributed by atoms with Crippen molar-refractivity contribution in [1.82, 2.24) is 0 Å². The van der Waals surface area contributed by atoms with E-state index < -0.39 is 17.5 Å². The van der Waals surface area contributed by atoms with Gasteiger partial charge in [0.2, 0.25) is 0 Å². The number of halogens is 3. The fraction of sp³-hybridized carbons (Fsp3) is 0.148. The molecule has 0 bridgehead atoms. The second-order valence-corrected chi connectivity index (χ2v) is 7.59. The fourth-order valence-corrected chi connectivity index (χ4v) is 3.82. The van der Waals surface area contributed by atoms with Gasteiger partial charge in [0, 0.05) is 10.9 Å². The number of fused-ring (bicyclic) bond motifs is 1. The van der Waals surface area contributed by atoms with Crippen LogP contribution in [0.1, 0.15) is 30.9 Å². The molecule has 0 radical (unpaired) electrons. The van der Waals surface area contributed by atoms with Crippen molar-refractivity contribution >= 4 is 10.8 Å². The first-order valence-corrected chi connectivity index (χ1v) is 10.2. The molecule has 0 spiro atoms. The maximum atomic E-state index is 15.2. The highest BCUT2D eigenvalue weighted by Gasteiger charge is 2.17. The first kappa shape index (κ1) is 20.7. The Morgan fingerprint density at radius 2 is 1.52 bits per heavy atom. The van der Waals surface area contributed by atoms with E-state index in [0.717, 1.165) is 42.3 Å². The molecule has 4 aromatic rings. The van der Waals surface area contributed by atoms with Crippen molar-refractivity contribution in [2.45, 2.75) is 26.2 Å². The van der Waals surface area contributed by atoms with Gasteiger partial charge in [0.1, 0.15) is 17.5 Å². The van der Waals surface area contributed by atoms with Crippen LogP contribution in [0.3, 0.4) is 0 Å². The van der Waals surface area contributed by atoms with Crippen LogP contribution in [0.15, 0.2) is 66.7 Å². The quantitative estimate of drug-likeness (QED) is 0.326. The Hall–Kier alpha value is -3.58. The second-order valence-electron chi connectivity index (χ2n) is 7.59. The third-order valence-electron chi connectivity index (χ3n) is 5.49. The van der Waals surface area contributed by atoms with Crippen LogP contribution in [0.5, 0.6) is 0 Å². The third-order valence-corrected chi connectivity index (χ3v) is 5.49. The molecule has 0 heterocycles. The Morgan fingerprint density at radius 1 is 0.806 bits per heavy atom. The van der Waals surface area contributed by atoms with Gasteiger partial charge in [-0.1, -0.05) is 55.8 Å². The van der Waals surface area contributed by atoms with Crippen LogP contribution in [-0.2, 0) is 6.42 Å². The SMILES string of the molecule is CCCCc1ccc2c(F)c(-c3cc(F)c(-c4ccc(C#N)cc4)c(F)c3)ccc2c1. The Labute approximate surface area is 179 Å². The lowest BCUT2D eigenvalue weighted by Gasteiger charge is -2.12. The summed E-state index contributed by atoms with van der Waals surface area (Å²) in [5.74, 6) is -2.06. The molecule has 0 aliphatic carbocycles. The van der Waals surface area contributed by atoms with Gasteiger partial charge >= 0.3 is 0 Å². The molecule has 0 amide bonds. The van der Waals surface area contributed by atoms with E-state index in [2.05, 4.69) is 6.92 Å². The van der Waals surface area contributed by atoms with E-state index in [1.54, 1.807) is 18.2 Å². The van der Waals surface area contributed by atoms with Gasteiger partial charge in [-0.15, -0.1) is 0 Å². The lowest BCUT2D eigenvalue weighted by Crippen LogP contribution is -1.95. The summed E-state index contributed by atoms with van der Waals surface area (Å²) in [7, 11) is 0. The summed E-state index contributed by atoms with van der Waals surface area (Å²) in [4.78, 5) is 0. The maximum absolute atomic E-state index is 15.2. The van der Waals surface area contributed by atoms with E-state index in [4.69, 9.17) is 5.26 Å². The minimum Gasteiger partial charge on any atom is -0.206 e. The predicted molar refractivity (Wildman–Crippen MR) is 118 cm³/mol. The van der Waals surface area contributed by atoms with Crippen molar-refractivity contribution in [2.75, 3.05) is 0 Å². The fourth-order valence-electron chi connectivity index (χ4n) is 3.82. The minimum absolute atomic E-state index is 0.141. The van der Waals surface area contributed by atoms with E-state index in [1.807, 2.05) is 18.2 Å². The van der Waals surface area contributed by atoms with Crippen LogP contribution >= 0.6 is 0 Å². The van der Waals surface area contributed by atoms with Crippen molar-refractivity contribution in [1.29, 1.82) is 5.26 Å². The average Bonchev–Trinajstić information content (AvgIpc) is 2.77. The highest BCUT2D eigenvalue weighted by molar-refractivity contribution is 5.89. The summed E-state index contributed by atoms with van der Waals surface area (Å²) in [6.45, 7) is 2.12. The molecule has 4 aromatic carbocycles. The van der Waals surface area contributed by atoms with Crippen LogP contribution in [0.2, 0.25) is 0 Å². The Bertz CT molecular complexity index is 1280. The van der Waals surface area contributed by atoms with E-state index in [1.165, 1.54) is 24.3 Å². The average molecular weight is 415 g/mol. The zero-order valence-electron chi connectivity index (χ0n) is 17.1. The van der Waals surface area contributed by atoms with E-state index >= 15 is 4.39 Å². The van der Waals surface area contributed by atoms with Gasteiger partial charge in [0.25, 0.3) is 0 Å². The Kier molecular flexibility index (Phi) is 5.77. The van der Waals surface area contributed by atoms with Crippen molar-refractivity contribution < 1.29 is 13.2 Å². The molecule has 0 aliphatic rings. The number of aryl methyl sites for hydroxylation is 1. The summed E-state index contributed by atoms with van der Waals surface area (Å²) in [6.07, 6.45) is 3.08. The van der Waals surface area contributed by atoms with E-state index in [-0.39, 0.29) is 16.7 Å².